The van der Waals surface area contributed by atoms with Crippen molar-refractivity contribution in [1.29, 1.82) is 0 Å². The van der Waals surface area contributed by atoms with Crippen LogP contribution in [0, 0.1) is 0 Å². The van der Waals surface area contributed by atoms with Gasteiger partial charge in [0, 0.05) is 36.2 Å². The Bertz CT molecular complexity index is 1110. The van der Waals surface area contributed by atoms with E-state index >= 15 is 0 Å². The van der Waals surface area contributed by atoms with E-state index in [-0.39, 0.29) is 18.6 Å². The smallest absolute Gasteiger partial charge is 0.258 e. The van der Waals surface area contributed by atoms with E-state index in [9.17, 15) is 4.79 Å². The zero-order valence-electron chi connectivity index (χ0n) is 16.5. The highest BCUT2D eigenvalue weighted by Crippen LogP contribution is 2.38. The zero-order chi connectivity index (χ0) is 20.7. The van der Waals surface area contributed by atoms with Crippen molar-refractivity contribution in [2.45, 2.75) is 12.3 Å². The minimum Gasteiger partial charge on any atom is -0.493 e. The van der Waals surface area contributed by atoms with Crippen molar-refractivity contribution in [3.05, 3.63) is 42.2 Å². The third-order valence-electron chi connectivity index (χ3n) is 5.23. The molecule has 2 aliphatic heterocycles. The van der Waals surface area contributed by atoms with Gasteiger partial charge in [-0.05, 0) is 30.3 Å². The predicted molar refractivity (Wildman–Crippen MR) is 105 cm³/mol. The van der Waals surface area contributed by atoms with Crippen molar-refractivity contribution in [2.75, 3.05) is 32.5 Å². The van der Waals surface area contributed by atoms with Crippen LogP contribution in [0.3, 0.4) is 0 Å². The lowest BCUT2D eigenvalue weighted by atomic mass is 10.1. The molecule has 0 aliphatic carbocycles. The molecule has 5 rings (SSSR count). The summed E-state index contributed by atoms with van der Waals surface area (Å²) < 4.78 is 26.8. The number of nitrogens with zero attached hydrogens (tertiary/aromatic N) is 3. The van der Waals surface area contributed by atoms with E-state index in [1.165, 1.54) is 0 Å². The summed E-state index contributed by atoms with van der Waals surface area (Å²) in [5.74, 6) is 3.19. The third-order valence-corrected chi connectivity index (χ3v) is 5.23. The number of rotatable bonds is 5. The van der Waals surface area contributed by atoms with Gasteiger partial charge in [-0.15, -0.1) is 0 Å². The molecule has 1 amide bonds. The highest BCUT2D eigenvalue weighted by Gasteiger charge is 2.35. The van der Waals surface area contributed by atoms with Crippen LogP contribution in [0.15, 0.2) is 40.9 Å². The molecule has 9 heteroatoms. The molecule has 30 heavy (non-hydrogen) atoms. The van der Waals surface area contributed by atoms with Gasteiger partial charge in [0.1, 0.15) is 0 Å². The Morgan fingerprint density at radius 2 is 1.87 bits per heavy atom. The molecule has 3 heterocycles. The topological polar surface area (TPSA) is 96.2 Å². The first kappa shape index (κ1) is 18.3. The number of fused-ring (bicyclic) bond motifs is 1. The van der Waals surface area contributed by atoms with E-state index in [0.29, 0.717) is 47.7 Å². The molecule has 0 unspecified atom stereocenters. The number of ether oxygens (including phenoxy) is 4. The SMILES string of the molecule is COc1ccc(N2C[C@@H](c3noc(-c4ccc5c(c4)OCO5)n3)CC2=O)cc1OC. The Morgan fingerprint density at radius 1 is 1.03 bits per heavy atom. The molecule has 0 radical (unpaired) electrons. The average Bonchev–Trinajstić information content (AvgIpc) is 3.51. The number of hydrogen-bond donors (Lipinski definition) is 0. The van der Waals surface area contributed by atoms with E-state index < -0.39 is 0 Å². The standard InChI is InChI=1S/C21H19N3O6/c1-26-15-6-4-14(9-17(15)27-2)24-10-13(8-19(24)25)20-22-21(30-23-20)12-3-5-16-18(7-12)29-11-28-16/h3-7,9,13H,8,10-11H2,1-2H3/t13-/m0/s1. The Balaban J connectivity index is 1.36. The maximum absolute atomic E-state index is 12.7. The normalized spacial score (nSPS) is 17.5. The summed E-state index contributed by atoms with van der Waals surface area (Å²) in [6.07, 6.45) is 0.300. The van der Waals surface area contributed by atoms with Crippen molar-refractivity contribution in [1.82, 2.24) is 10.1 Å². The fourth-order valence-electron chi connectivity index (χ4n) is 3.67. The lowest BCUT2D eigenvalue weighted by Crippen LogP contribution is -2.24. The van der Waals surface area contributed by atoms with E-state index in [1.807, 2.05) is 12.1 Å². The Labute approximate surface area is 172 Å². The molecule has 3 aromatic rings. The van der Waals surface area contributed by atoms with Crippen LogP contribution in [0.1, 0.15) is 18.2 Å². The largest absolute Gasteiger partial charge is 0.493 e. The van der Waals surface area contributed by atoms with Gasteiger partial charge in [0.15, 0.2) is 28.8 Å². The molecule has 1 fully saturated rings. The quantitative estimate of drug-likeness (QED) is 0.635. The molecule has 2 aliphatic rings. The van der Waals surface area contributed by atoms with E-state index in [4.69, 9.17) is 23.5 Å². The van der Waals surface area contributed by atoms with Crippen LogP contribution in [0.25, 0.3) is 11.5 Å². The van der Waals surface area contributed by atoms with Gasteiger partial charge >= 0.3 is 0 Å². The molecule has 0 N–H and O–H groups in total. The number of hydrogen-bond acceptors (Lipinski definition) is 8. The van der Waals surface area contributed by atoms with Crippen molar-refractivity contribution in [2.24, 2.45) is 0 Å². The molecule has 9 nitrogen and oxygen atoms in total. The highest BCUT2D eigenvalue weighted by molar-refractivity contribution is 5.96. The minimum atomic E-state index is -0.169. The summed E-state index contributed by atoms with van der Waals surface area (Å²) in [6.45, 7) is 0.651. The van der Waals surface area contributed by atoms with Crippen LogP contribution >= 0.6 is 0 Å². The maximum atomic E-state index is 12.7. The van der Waals surface area contributed by atoms with Gasteiger partial charge in [0.25, 0.3) is 5.89 Å². The zero-order valence-corrected chi connectivity index (χ0v) is 16.5. The fourth-order valence-corrected chi connectivity index (χ4v) is 3.67. The van der Waals surface area contributed by atoms with Gasteiger partial charge in [-0.3, -0.25) is 4.79 Å². The Hall–Kier alpha value is -3.75. The lowest BCUT2D eigenvalue weighted by Gasteiger charge is -2.18. The number of carbonyl (C=O) groups excluding carboxylic acids is 1. The predicted octanol–water partition coefficient (Wildman–Crippen LogP) is 3.00. The van der Waals surface area contributed by atoms with Gasteiger partial charge in [-0.25, -0.2) is 0 Å². The molecule has 1 saturated heterocycles. The van der Waals surface area contributed by atoms with Gasteiger partial charge in [-0.1, -0.05) is 5.16 Å². The summed E-state index contributed by atoms with van der Waals surface area (Å²) in [4.78, 5) is 18.9. The van der Waals surface area contributed by atoms with E-state index in [2.05, 4.69) is 10.1 Å². The molecule has 1 atom stereocenters. The monoisotopic (exact) mass is 409 g/mol. The van der Waals surface area contributed by atoms with Gasteiger partial charge in [-0.2, -0.15) is 4.98 Å². The summed E-state index contributed by atoms with van der Waals surface area (Å²) in [7, 11) is 3.13. The first-order valence-corrected chi connectivity index (χ1v) is 9.42. The second-order valence-electron chi connectivity index (χ2n) is 6.97. The summed E-state index contributed by atoms with van der Waals surface area (Å²) in [6, 6.07) is 10.8. The van der Waals surface area contributed by atoms with Gasteiger partial charge in [0.05, 0.1) is 14.2 Å². The molecular weight excluding hydrogens is 390 g/mol. The molecule has 154 valence electrons. The van der Waals surface area contributed by atoms with Crippen molar-refractivity contribution < 1.29 is 28.3 Å². The highest BCUT2D eigenvalue weighted by atomic mass is 16.7. The Morgan fingerprint density at radius 3 is 2.70 bits per heavy atom. The fraction of sp³-hybridized carbons (Fsp3) is 0.286. The van der Waals surface area contributed by atoms with Crippen molar-refractivity contribution >= 4 is 11.6 Å². The molecule has 0 spiro atoms. The number of methoxy groups -OCH3 is 2. The Kier molecular flexibility index (Phi) is 4.42. The minimum absolute atomic E-state index is 0.0124. The second-order valence-corrected chi connectivity index (χ2v) is 6.97. The average molecular weight is 409 g/mol. The summed E-state index contributed by atoms with van der Waals surface area (Å²) in [5.41, 5.74) is 1.47. The van der Waals surface area contributed by atoms with E-state index in [0.717, 1.165) is 11.3 Å². The summed E-state index contributed by atoms with van der Waals surface area (Å²) in [5, 5.41) is 4.11. The van der Waals surface area contributed by atoms with Crippen LogP contribution in [0.5, 0.6) is 23.0 Å². The number of aromatic nitrogens is 2. The first-order chi connectivity index (χ1) is 14.7. The number of carbonyl (C=O) groups is 1. The maximum Gasteiger partial charge on any atom is 0.258 e. The molecule has 2 aromatic carbocycles. The van der Waals surface area contributed by atoms with Crippen molar-refractivity contribution in [3.8, 4) is 34.5 Å². The van der Waals surface area contributed by atoms with E-state index in [1.54, 1.807) is 43.4 Å². The van der Waals surface area contributed by atoms with Crippen molar-refractivity contribution in [3.63, 3.8) is 0 Å². The summed E-state index contributed by atoms with van der Waals surface area (Å²) >= 11 is 0. The molecular formula is C21H19N3O6. The van der Waals surface area contributed by atoms with Crippen LogP contribution in [-0.4, -0.2) is 43.6 Å². The lowest BCUT2D eigenvalue weighted by molar-refractivity contribution is -0.117. The van der Waals surface area contributed by atoms with Crippen LogP contribution in [0.4, 0.5) is 5.69 Å². The van der Waals surface area contributed by atoms with Crippen LogP contribution < -0.4 is 23.8 Å². The molecule has 0 saturated carbocycles. The van der Waals surface area contributed by atoms with Gasteiger partial charge in [0.2, 0.25) is 12.7 Å². The first-order valence-electron chi connectivity index (χ1n) is 9.42. The number of benzene rings is 2. The molecule has 0 bridgehead atoms. The third kappa shape index (κ3) is 3.08. The van der Waals surface area contributed by atoms with Crippen LogP contribution in [-0.2, 0) is 4.79 Å². The number of amides is 1. The molecule has 1 aromatic heterocycles. The number of anilines is 1. The second kappa shape index (κ2) is 7.25. The van der Waals surface area contributed by atoms with Crippen LogP contribution in [0.2, 0.25) is 0 Å². The van der Waals surface area contributed by atoms with Gasteiger partial charge < -0.3 is 28.4 Å².